The van der Waals surface area contributed by atoms with Gasteiger partial charge in [0.2, 0.25) is 0 Å². The third kappa shape index (κ3) is 4.74. The molecule has 0 heterocycles. The maximum absolute atomic E-state index is 12.1. The van der Waals surface area contributed by atoms with Gasteiger partial charge in [-0.05, 0) is 43.7 Å². The Morgan fingerprint density at radius 1 is 1.33 bits per heavy atom. The second kappa shape index (κ2) is 7.71. The summed E-state index contributed by atoms with van der Waals surface area (Å²) in [5.41, 5.74) is 2.15. The minimum Gasteiger partial charge on any atom is -0.493 e. The van der Waals surface area contributed by atoms with Gasteiger partial charge in [-0.15, -0.1) is 0 Å². The molecule has 24 heavy (non-hydrogen) atoms. The molecule has 1 aromatic rings. The van der Waals surface area contributed by atoms with Crippen molar-refractivity contribution in [3.8, 4) is 5.75 Å². The van der Waals surface area contributed by atoms with E-state index in [1.165, 1.54) is 12.8 Å². The number of urea groups is 1. The van der Waals surface area contributed by atoms with Crippen molar-refractivity contribution < 1.29 is 14.6 Å². The second-order valence-electron chi connectivity index (χ2n) is 6.86. The van der Waals surface area contributed by atoms with E-state index < -0.39 is 0 Å². The monoisotopic (exact) mass is 330 g/mol. The quantitative estimate of drug-likeness (QED) is 0.673. The molecule has 0 bridgehead atoms. The van der Waals surface area contributed by atoms with E-state index in [9.17, 15) is 4.79 Å². The highest BCUT2D eigenvalue weighted by Crippen LogP contribution is 2.30. The molecule has 130 valence electrons. The van der Waals surface area contributed by atoms with Crippen LogP contribution < -0.4 is 15.4 Å². The number of hydrogen-bond donors (Lipinski definition) is 3. The van der Waals surface area contributed by atoms with Gasteiger partial charge in [0.1, 0.15) is 5.75 Å². The van der Waals surface area contributed by atoms with E-state index in [1.54, 1.807) is 0 Å². The number of aliphatic hydroxyl groups is 1. The Balaban J connectivity index is 1.50. The summed E-state index contributed by atoms with van der Waals surface area (Å²) in [5, 5.41) is 14.9. The minimum absolute atomic E-state index is 0.00856. The Kier molecular flexibility index (Phi) is 5.41. The third-order valence-corrected chi connectivity index (χ3v) is 4.56. The number of amides is 2. The number of hydrogen-bond acceptors (Lipinski definition) is 3. The lowest BCUT2D eigenvalue weighted by atomic mass is 10.1. The lowest BCUT2D eigenvalue weighted by Crippen LogP contribution is -2.40. The smallest absolute Gasteiger partial charge is 0.315 e. The van der Waals surface area contributed by atoms with Gasteiger partial charge in [-0.2, -0.15) is 0 Å². The number of aliphatic hydroxyl groups excluding tert-OH is 1. The van der Waals surface area contributed by atoms with Crippen molar-refractivity contribution in [2.45, 2.75) is 38.8 Å². The van der Waals surface area contributed by atoms with Gasteiger partial charge in [0.05, 0.1) is 6.61 Å². The molecule has 0 aliphatic heterocycles. The summed E-state index contributed by atoms with van der Waals surface area (Å²) in [6.07, 6.45) is 7.16. The van der Waals surface area contributed by atoms with Crippen LogP contribution in [-0.4, -0.2) is 30.4 Å². The largest absolute Gasteiger partial charge is 0.493 e. The molecule has 1 saturated carbocycles. The van der Waals surface area contributed by atoms with Crippen molar-refractivity contribution >= 4 is 6.03 Å². The molecule has 5 heteroatoms. The number of rotatable bonds is 7. The van der Waals surface area contributed by atoms with Gasteiger partial charge < -0.3 is 20.5 Å². The molecular weight excluding hydrogens is 304 g/mol. The fourth-order valence-corrected chi connectivity index (χ4v) is 2.85. The molecule has 5 nitrogen and oxygen atoms in total. The molecular formula is C19H26N2O3. The number of benzene rings is 1. The molecule has 0 aromatic heterocycles. The van der Waals surface area contributed by atoms with Gasteiger partial charge in [-0.1, -0.05) is 24.3 Å². The molecule has 0 unspecified atom stereocenters. The number of carbonyl (C=O) groups excluding carboxylic acids is 1. The predicted octanol–water partition coefficient (Wildman–Crippen LogP) is 2.52. The molecule has 3 rings (SSSR count). The van der Waals surface area contributed by atoms with Gasteiger partial charge in [-0.3, -0.25) is 0 Å². The Morgan fingerprint density at radius 3 is 2.88 bits per heavy atom. The summed E-state index contributed by atoms with van der Waals surface area (Å²) >= 11 is 0. The first-order chi connectivity index (χ1) is 11.6. The highest BCUT2D eigenvalue weighted by atomic mass is 16.5. The maximum atomic E-state index is 12.1. The maximum Gasteiger partial charge on any atom is 0.315 e. The standard InChI is InChI=1S/C19H26N2O3/c1-13-2-6-16(18(8-13)24-12-14-3-4-14)10-20-19(23)21-17-7-5-15(9-17)11-22/h2,5-8,14-15,17,22H,3-4,9-12H2,1H3,(H2,20,21,23)/t15-,17+/m0/s1. The zero-order valence-corrected chi connectivity index (χ0v) is 14.1. The number of carbonyl (C=O) groups is 1. The zero-order valence-electron chi connectivity index (χ0n) is 14.1. The van der Waals surface area contributed by atoms with E-state index in [0.29, 0.717) is 12.5 Å². The van der Waals surface area contributed by atoms with Crippen molar-refractivity contribution in [2.75, 3.05) is 13.2 Å². The van der Waals surface area contributed by atoms with E-state index in [0.717, 1.165) is 29.9 Å². The molecule has 0 spiro atoms. The van der Waals surface area contributed by atoms with Gasteiger partial charge in [0.15, 0.2) is 0 Å². The number of nitrogens with one attached hydrogen (secondary N) is 2. The SMILES string of the molecule is Cc1ccc(CNC(=O)N[C@@H]2C=C[C@H](CO)C2)c(OCC2CC2)c1. The van der Waals surface area contributed by atoms with Crippen LogP contribution in [0.4, 0.5) is 4.79 Å². The summed E-state index contributed by atoms with van der Waals surface area (Å²) in [5.74, 6) is 1.71. The highest BCUT2D eigenvalue weighted by Gasteiger charge is 2.23. The third-order valence-electron chi connectivity index (χ3n) is 4.56. The van der Waals surface area contributed by atoms with Gasteiger partial charge in [0.25, 0.3) is 0 Å². The highest BCUT2D eigenvalue weighted by molar-refractivity contribution is 5.74. The molecule has 1 aromatic carbocycles. The number of aryl methyl sites for hydroxylation is 1. The van der Waals surface area contributed by atoms with Crippen LogP contribution in [0.1, 0.15) is 30.4 Å². The van der Waals surface area contributed by atoms with Crippen LogP contribution in [0.5, 0.6) is 5.75 Å². The second-order valence-corrected chi connectivity index (χ2v) is 6.86. The summed E-state index contributed by atoms with van der Waals surface area (Å²) in [6, 6.07) is 5.87. The lowest BCUT2D eigenvalue weighted by Gasteiger charge is -2.15. The van der Waals surface area contributed by atoms with Gasteiger partial charge >= 0.3 is 6.03 Å². The van der Waals surface area contributed by atoms with Crippen molar-refractivity contribution in [2.24, 2.45) is 11.8 Å². The minimum atomic E-state index is -0.197. The first-order valence-corrected chi connectivity index (χ1v) is 8.70. The molecule has 2 aliphatic carbocycles. The van der Waals surface area contributed by atoms with E-state index in [2.05, 4.69) is 10.6 Å². The summed E-state index contributed by atoms with van der Waals surface area (Å²) in [4.78, 5) is 12.1. The summed E-state index contributed by atoms with van der Waals surface area (Å²) < 4.78 is 5.93. The molecule has 2 amide bonds. The molecule has 2 atom stereocenters. The van der Waals surface area contributed by atoms with Crippen molar-refractivity contribution in [1.29, 1.82) is 0 Å². The van der Waals surface area contributed by atoms with Crippen molar-refractivity contribution in [3.63, 3.8) is 0 Å². The summed E-state index contributed by atoms with van der Waals surface area (Å²) in [6.45, 7) is 3.36. The fourth-order valence-electron chi connectivity index (χ4n) is 2.85. The van der Waals surface area contributed by atoms with Gasteiger partial charge in [-0.25, -0.2) is 4.79 Å². The normalized spacial score (nSPS) is 22.4. The Labute approximate surface area is 143 Å². The Hall–Kier alpha value is -2.01. The average molecular weight is 330 g/mol. The van der Waals surface area contributed by atoms with E-state index >= 15 is 0 Å². The number of ether oxygens (including phenoxy) is 1. The first kappa shape index (κ1) is 16.8. The molecule has 3 N–H and O–H groups in total. The predicted molar refractivity (Wildman–Crippen MR) is 92.9 cm³/mol. The Bertz CT molecular complexity index is 611. The van der Waals surface area contributed by atoms with Crippen LogP contribution in [0, 0.1) is 18.8 Å². The lowest BCUT2D eigenvalue weighted by molar-refractivity contribution is 0.231. The van der Waals surface area contributed by atoms with Crippen LogP contribution >= 0.6 is 0 Å². The van der Waals surface area contributed by atoms with Crippen LogP contribution in [0.25, 0.3) is 0 Å². The van der Waals surface area contributed by atoms with Crippen LogP contribution in [0.3, 0.4) is 0 Å². The van der Waals surface area contributed by atoms with Crippen molar-refractivity contribution in [3.05, 3.63) is 41.5 Å². The van der Waals surface area contributed by atoms with Crippen LogP contribution in [0.15, 0.2) is 30.4 Å². The topological polar surface area (TPSA) is 70.6 Å². The average Bonchev–Trinajstić information content (AvgIpc) is 3.30. The summed E-state index contributed by atoms with van der Waals surface area (Å²) in [7, 11) is 0. The molecule has 0 saturated heterocycles. The molecule has 2 aliphatic rings. The van der Waals surface area contributed by atoms with Crippen LogP contribution in [0.2, 0.25) is 0 Å². The van der Waals surface area contributed by atoms with E-state index in [1.807, 2.05) is 37.3 Å². The molecule has 1 fully saturated rings. The van der Waals surface area contributed by atoms with E-state index in [4.69, 9.17) is 9.84 Å². The fraction of sp³-hybridized carbons (Fsp3) is 0.526. The van der Waals surface area contributed by atoms with E-state index in [-0.39, 0.29) is 24.6 Å². The van der Waals surface area contributed by atoms with Gasteiger partial charge in [0, 0.05) is 30.7 Å². The first-order valence-electron chi connectivity index (χ1n) is 8.70. The zero-order chi connectivity index (χ0) is 16.9. The Morgan fingerprint density at radius 2 is 2.17 bits per heavy atom. The van der Waals surface area contributed by atoms with Crippen LogP contribution in [-0.2, 0) is 6.54 Å². The molecule has 0 radical (unpaired) electrons. The van der Waals surface area contributed by atoms with Crippen molar-refractivity contribution in [1.82, 2.24) is 10.6 Å².